The van der Waals surface area contributed by atoms with E-state index in [1.54, 1.807) is 23.6 Å². The van der Waals surface area contributed by atoms with Gasteiger partial charge in [0.25, 0.3) is 0 Å². The van der Waals surface area contributed by atoms with Crippen LogP contribution >= 0.6 is 0 Å². The molecule has 0 aliphatic carbocycles. The average molecular weight is 247 g/mol. The van der Waals surface area contributed by atoms with Crippen LogP contribution in [0.2, 0.25) is 0 Å². The molecule has 92 valence electrons. The van der Waals surface area contributed by atoms with Gasteiger partial charge in [-0.1, -0.05) is 11.2 Å². The summed E-state index contributed by atoms with van der Waals surface area (Å²) in [4.78, 5) is 8.08. The molecule has 0 atom stereocenters. The highest BCUT2D eigenvalue weighted by Crippen LogP contribution is 2.21. The van der Waals surface area contributed by atoms with Gasteiger partial charge >= 0.3 is 0 Å². The van der Waals surface area contributed by atoms with Crippen molar-refractivity contribution in [1.29, 1.82) is 0 Å². The van der Waals surface area contributed by atoms with Crippen molar-refractivity contribution in [3.63, 3.8) is 0 Å². The Morgan fingerprint density at radius 1 is 1.39 bits per heavy atom. The van der Waals surface area contributed by atoms with Gasteiger partial charge in [0.2, 0.25) is 11.8 Å². The number of para-hydroxylation sites is 1. The standard InChI is InChI=1S/C11H10FN5O/c1-6-14-9(16-18-6)5-17-8-4-2-3-7(12)10(8)15-11(17)13/h2-4H,5H2,1H3,(H2,13,15). The van der Waals surface area contributed by atoms with Gasteiger partial charge in [-0.05, 0) is 12.1 Å². The maximum absolute atomic E-state index is 13.5. The van der Waals surface area contributed by atoms with Crippen LogP contribution in [0.4, 0.5) is 10.3 Å². The number of rotatable bonds is 2. The number of nitrogens with zero attached hydrogens (tertiary/aromatic N) is 4. The Labute approximate surface area is 101 Å². The van der Waals surface area contributed by atoms with Crippen molar-refractivity contribution in [3.05, 3.63) is 35.7 Å². The number of hydrogen-bond acceptors (Lipinski definition) is 5. The molecule has 0 aliphatic heterocycles. The van der Waals surface area contributed by atoms with Gasteiger partial charge in [0.05, 0.1) is 12.1 Å². The largest absolute Gasteiger partial charge is 0.369 e. The molecule has 1 aromatic carbocycles. The Morgan fingerprint density at radius 3 is 2.94 bits per heavy atom. The van der Waals surface area contributed by atoms with Crippen LogP contribution in [0.15, 0.2) is 22.7 Å². The van der Waals surface area contributed by atoms with E-state index in [1.807, 2.05) is 0 Å². The Hall–Kier alpha value is -2.44. The van der Waals surface area contributed by atoms with E-state index in [4.69, 9.17) is 10.3 Å². The molecular weight excluding hydrogens is 237 g/mol. The number of aryl methyl sites for hydroxylation is 1. The summed E-state index contributed by atoms with van der Waals surface area (Å²) in [6.07, 6.45) is 0. The van der Waals surface area contributed by atoms with Gasteiger partial charge < -0.3 is 14.8 Å². The third-order valence-electron chi connectivity index (χ3n) is 2.63. The number of aromatic nitrogens is 4. The molecule has 0 saturated heterocycles. The molecule has 7 heteroatoms. The summed E-state index contributed by atoms with van der Waals surface area (Å²) >= 11 is 0. The summed E-state index contributed by atoms with van der Waals surface area (Å²) in [6.45, 7) is 1.99. The zero-order valence-electron chi connectivity index (χ0n) is 9.59. The fourth-order valence-electron chi connectivity index (χ4n) is 1.84. The normalized spacial score (nSPS) is 11.2. The number of fused-ring (bicyclic) bond motifs is 1. The number of nitrogen functional groups attached to an aromatic ring is 1. The quantitative estimate of drug-likeness (QED) is 0.741. The third kappa shape index (κ3) is 1.60. The molecule has 3 rings (SSSR count). The second-order valence-electron chi connectivity index (χ2n) is 3.89. The van der Waals surface area contributed by atoms with Gasteiger partial charge in [-0.15, -0.1) is 0 Å². The Balaban J connectivity index is 2.11. The third-order valence-corrected chi connectivity index (χ3v) is 2.63. The lowest BCUT2D eigenvalue weighted by Crippen LogP contribution is -2.05. The van der Waals surface area contributed by atoms with E-state index in [0.717, 1.165) is 0 Å². The van der Waals surface area contributed by atoms with Crippen LogP contribution in [-0.4, -0.2) is 19.7 Å². The predicted molar refractivity (Wildman–Crippen MR) is 62.2 cm³/mol. The van der Waals surface area contributed by atoms with Crippen molar-refractivity contribution in [2.45, 2.75) is 13.5 Å². The van der Waals surface area contributed by atoms with Crippen LogP contribution in [-0.2, 0) is 6.54 Å². The van der Waals surface area contributed by atoms with E-state index in [-0.39, 0.29) is 11.5 Å². The maximum atomic E-state index is 13.5. The number of halogens is 1. The van der Waals surface area contributed by atoms with Crippen LogP contribution in [0.5, 0.6) is 0 Å². The van der Waals surface area contributed by atoms with Crippen LogP contribution < -0.4 is 5.73 Å². The number of benzene rings is 1. The first-order chi connectivity index (χ1) is 8.65. The number of anilines is 1. The van der Waals surface area contributed by atoms with Gasteiger partial charge in [0.1, 0.15) is 5.52 Å². The van der Waals surface area contributed by atoms with Gasteiger partial charge in [-0.25, -0.2) is 9.37 Å². The zero-order chi connectivity index (χ0) is 12.7. The molecule has 0 amide bonds. The Kier molecular flexibility index (Phi) is 2.26. The summed E-state index contributed by atoms with van der Waals surface area (Å²) in [5.74, 6) is 0.765. The highest BCUT2D eigenvalue weighted by molar-refractivity contribution is 5.78. The average Bonchev–Trinajstić information content (AvgIpc) is 2.87. The lowest BCUT2D eigenvalue weighted by molar-refractivity contribution is 0.386. The molecule has 0 bridgehead atoms. The molecule has 2 heterocycles. The lowest BCUT2D eigenvalue weighted by atomic mass is 10.3. The number of hydrogen-bond donors (Lipinski definition) is 1. The molecule has 0 fully saturated rings. The monoisotopic (exact) mass is 247 g/mol. The van der Waals surface area contributed by atoms with Gasteiger partial charge in [-0.3, -0.25) is 0 Å². The van der Waals surface area contributed by atoms with Crippen molar-refractivity contribution >= 4 is 17.0 Å². The van der Waals surface area contributed by atoms with Gasteiger partial charge in [-0.2, -0.15) is 4.98 Å². The highest BCUT2D eigenvalue weighted by Gasteiger charge is 2.13. The van der Waals surface area contributed by atoms with E-state index in [0.29, 0.717) is 23.8 Å². The van der Waals surface area contributed by atoms with Gasteiger partial charge in [0.15, 0.2) is 11.6 Å². The highest BCUT2D eigenvalue weighted by atomic mass is 19.1. The minimum absolute atomic E-state index is 0.220. The van der Waals surface area contributed by atoms with Crippen LogP contribution in [0.3, 0.4) is 0 Å². The summed E-state index contributed by atoms with van der Waals surface area (Å²) in [5.41, 5.74) is 6.63. The molecule has 0 radical (unpaired) electrons. The fourth-order valence-corrected chi connectivity index (χ4v) is 1.84. The summed E-state index contributed by atoms with van der Waals surface area (Å²) in [7, 11) is 0. The van der Waals surface area contributed by atoms with E-state index in [9.17, 15) is 4.39 Å². The number of imidazole rings is 1. The molecule has 6 nitrogen and oxygen atoms in total. The maximum Gasteiger partial charge on any atom is 0.223 e. The number of nitrogens with two attached hydrogens (primary N) is 1. The van der Waals surface area contributed by atoms with Crippen molar-refractivity contribution in [2.24, 2.45) is 0 Å². The lowest BCUT2D eigenvalue weighted by Gasteiger charge is -2.02. The molecule has 3 aromatic rings. The summed E-state index contributed by atoms with van der Waals surface area (Å²) < 4.78 is 20.1. The zero-order valence-corrected chi connectivity index (χ0v) is 9.59. The van der Waals surface area contributed by atoms with E-state index >= 15 is 0 Å². The molecule has 18 heavy (non-hydrogen) atoms. The summed E-state index contributed by atoms with van der Waals surface area (Å²) in [6, 6.07) is 4.70. The first-order valence-electron chi connectivity index (χ1n) is 5.34. The SMILES string of the molecule is Cc1nc(Cn2c(N)nc3c(F)cccc32)no1. The molecule has 0 saturated carbocycles. The van der Waals surface area contributed by atoms with Crippen molar-refractivity contribution in [1.82, 2.24) is 19.7 Å². The molecule has 2 aromatic heterocycles. The Bertz CT molecular complexity index is 717. The molecule has 0 unspecified atom stereocenters. The minimum Gasteiger partial charge on any atom is -0.369 e. The van der Waals surface area contributed by atoms with Crippen molar-refractivity contribution in [3.8, 4) is 0 Å². The smallest absolute Gasteiger partial charge is 0.223 e. The van der Waals surface area contributed by atoms with Gasteiger partial charge in [0, 0.05) is 6.92 Å². The predicted octanol–water partition coefficient (Wildman–Crippen LogP) is 1.50. The van der Waals surface area contributed by atoms with E-state index in [2.05, 4.69) is 15.1 Å². The Morgan fingerprint density at radius 2 is 2.22 bits per heavy atom. The van der Waals surface area contributed by atoms with Crippen LogP contribution in [0.1, 0.15) is 11.7 Å². The molecule has 2 N–H and O–H groups in total. The molecule has 0 aliphatic rings. The van der Waals surface area contributed by atoms with Crippen LogP contribution in [0.25, 0.3) is 11.0 Å². The van der Waals surface area contributed by atoms with Crippen LogP contribution in [0, 0.1) is 12.7 Å². The molecular formula is C11H10FN5O. The topological polar surface area (TPSA) is 82.8 Å². The first-order valence-corrected chi connectivity index (χ1v) is 5.34. The van der Waals surface area contributed by atoms with E-state index < -0.39 is 5.82 Å². The van der Waals surface area contributed by atoms with Crippen molar-refractivity contribution < 1.29 is 8.91 Å². The van der Waals surface area contributed by atoms with Crippen molar-refractivity contribution in [2.75, 3.05) is 5.73 Å². The molecule has 0 spiro atoms. The second kappa shape index (κ2) is 3.80. The minimum atomic E-state index is -0.401. The summed E-state index contributed by atoms with van der Waals surface area (Å²) in [5, 5.41) is 3.78. The second-order valence-corrected chi connectivity index (χ2v) is 3.89. The fraction of sp³-hybridized carbons (Fsp3) is 0.182. The first kappa shape index (κ1) is 10.7. The van der Waals surface area contributed by atoms with E-state index in [1.165, 1.54) is 6.07 Å².